The molecule has 1 saturated carbocycles. The van der Waals surface area contributed by atoms with Crippen LogP contribution in [0.15, 0.2) is 11.6 Å². The maximum absolute atomic E-state index is 4.45. The minimum absolute atomic E-state index is 0.0223. The molecule has 96 valence electrons. The van der Waals surface area contributed by atoms with Crippen LogP contribution in [-0.4, -0.2) is 11.0 Å². The zero-order valence-electron chi connectivity index (χ0n) is 11.2. The van der Waals surface area contributed by atoms with Gasteiger partial charge in [0, 0.05) is 17.6 Å². The lowest BCUT2D eigenvalue weighted by molar-refractivity contribution is 0.231. The molecule has 1 aromatic heterocycles. The molecule has 1 heterocycles. The highest BCUT2D eigenvalue weighted by molar-refractivity contribution is 7.09. The molecule has 17 heavy (non-hydrogen) atoms. The number of nitrogens with one attached hydrogen (secondary N) is 1. The molecule has 1 aliphatic rings. The van der Waals surface area contributed by atoms with E-state index in [0.29, 0.717) is 6.04 Å². The Labute approximate surface area is 109 Å². The molecule has 0 amide bonds. The van der Waals surface area contributed by atoms with Crippen LogP contribution in [0, 0.1) is 5.92 Å². The second-order valence-electron chi connectivity index (χ2n) is 5.74. The minimum atomic E-state index is 0.0223. The van der Waals surface area contributed by atoms with Crippen LogP contribution in [0.2, 0.25) is 0 Å². The number of rotatable bonds is 4. The predicted molar refractivity (Wildman–Crippen MR) is 74.3 cm³/mol. The summed E-state index contributed by atoms with van der Waals surface area (Å²) in [6.45, 7) is 6.82. The van der Waals surface area contributed by atoms with Gasteiger partial charge in [0.2, 0.25) is 0 Å². The lowest BCUT2D eigenvalue weighted by Crippen LogP contribution is -2.45. The Kier molecular flexibility index (Phi) is 4.21. The van der Waals surface area contributed by atoms with E-state index in [-0.39, 0.29) is 5.54 Å². The van der Waals surface area contributed by atoms with Gasteiger partial charge in [-0.15, -0.1) is 11.3 Å². The van der Waals surface area contributed by atoms with E-state index in [0.717, 1.165) is 5.92 Å². The van der Waals surface area contributed by atoms with E-state index in [1.165, 1.54) is 37.1 Å². The van der Waals surface area contributed by atoms with Crippen LogP contribution in [-0.2, 0) is 5.54 Å². The first kappa shape index (κ1) is 13.0. The second kappa shape index (κ2) is 5.49. The van der Waals surface area contributed by atoms with Gasteiger partial charge in [0.15, 0.2) is 0 Å². The first-order valence-electron chi connectivity index (χ1n) is 6.79. The number of hydrogen-bond donors (Lipinski definition) is 1. The van der Waals surface area contributed by atoms with E-state index in [2.05, 4.69) is 36.5 Å². The Morgan fingerprint density at radius 3 is 2.94 bits per heavy atom. The van der Waals surface area contributed by atoms with Crippen molar-refractivity contribution in [1.82, 2.24) is 10.3 Å². The molecule has 2 atom stereocenters. The maximum Gasteiger partial charge on any atom is 0.112 e. The summed E-state index contributed by atoms with van der Waals surface area (Å²) in [5.74, 6) is 0.924. The van der Waals surface area contributed by atoms with Crippen molar-refractivity contribution in [3.8, 4) is 0 Å². The predicted octanol–water partition coefficient (Wildman–Crippen LogP) is 3.94. The number of hydrogen-bond acceptors (Lipinski definition) is 3. The first-order valence-corrected chi connectivity index (χ1v) is 7.67. The van der Waals surface area contributed by atoms with Gasteiger partial charge in [-0.05, 0) is 32.6 Å². The monoisotopic (exact) mass is 252 g/mol. The van der Waals surface area contributed by atoms with E-state index in [4.69, 9.17) is 0 Å². The van der Waals surface area contributed by atoms with Crippen LogP contribution in [0.5, 0.6) is 0 Å². The van der Waals surface area contributed by atoms with Crippen molar-refractivity contribution in [2.45, 2.75) is 64.5 Å². The highest BCUT2D eigenvalue weighted by atomic mass is 32.1. The van der Waals surface area contributed by atoms with Crippen LogP contribution in [0.3, 0.4) is 0 Å². The topological polar surface area (TPSA) is 24.9 Å². The molecule has 1 aliphatic carbocycles. The SMILES string of the molecule is CCC1CCCC(NC(C)(C)c2nccs2)C1. The molecule has 2 unspecified atom stereocenters. The van der Waals surface area contributed by atoms with E-state index < -0.39 is 0 Å². The minimum Gasteiger partial charge on any atom is -0.303 e. The molecule has 0 bridgehead atoms. The zero-order chi connectivity index (χ0) is 12.3. The lowest BCUT2D eigenvalue weighted by atomic mass is 9.83. The third-order valence-corrected chi connectivity index (χ3v) is 4.99. The van der Waals surface area contributed by atoms with Gasteiger partial charge in [-0.25, -0.2) is 4.98 Å². The number of thiazole rings is 1. The smallest absolute Gasteiger partial charge is 0.112 e. The highest BCUT2D eigenvalue weighted by Crippen LogP contribution is 2.30. The third kappa shape index (κ3) is 3.29. The van der Waals surface area contributed by atoms with Gasteiger partial charge >= 0.3 is 0 Å². The summed E-state index contributed by atoms with van der Waals surface area (Å²) in [6.07, 6.45) is 8.70. The van der Waals surface area contributed by atoms with Gasteiger partial charge in [0.25, 0.3) is 0 Å². The Balaban J connectivity index is 1.96. The largest absolute Gasteiger partial charge is 0.303 e. The molecule has 2 nitrogen and oxygen atoms in total. The Hall–Kier alpha value is -0.410. The molecular weight excluding hydrogens is 228 g/mol. The molecule has 1 aromatic rings. The highest BCUT2D eigenvalue weighted by Gasteiger charge is 2.29. The normalized spacial score (nSPS) is 26.1. The fourth-order valence-electron chi connectivity index (χ4n) is 2.90. The molecule has 3 heteroatoms. The average Bonchev–Trinajstić information content (AvgIpc) is 2.83. The van der Waals surface area contributed by atoms with Crippen molar-refractivity contribution in [3.63, 3.8) is 0 Å². The zero-order valence-corrected chi connectivity index (χ0v) is 12.0. The van der Waals surface area contributed by atoms with Crippen molar-refractivity contribution in [3.05, 3.63) is 16.6 Å². The molecule has 0 aromatic carbocycles. The average molecular weight is 252 g/mol. The summed E-state index contributed by atoms with van der Waals surface area (Å²) in [5, 5.41) is 7.08. The van der Waals surface area contributed by atoms with Crippen LogP contribution >= 0.6 is 11.3 Å². The van der Waals surface area contributed by atoms with Crippen molar-refractivity contribution in [2.75, 3.05) is 0 Å². The molecule has 1 N–H and O–H groups in total. The van der Waals surface area contributed by atoms with Crippen molar-refractivity contribution in [1.29, 1.82) is 0 Å². The second-order valence-corrected chi connectivity index (χ2v) is 6.64. The van der Waals surface area contributed by atoms with Crippen LogP contribution in [0.1, 0.15) is 57.9 Å². The van der Waals surface area contributed by atoms with E-state index >= 15 is 0 Å². The fraction of sp³-hybridized carbons (Fsp3) is 0.786. The first-order chi connectivity index (χ1) is 8.12. The summed E-state index contributed by atoms with van der Waals surface area (Å²) in [7, 11) is 0. The molecule has 1 fully saturated rings. The molecule has 0 aliphatic heterocycles. The van der Waals surface area contributed by atoms with Gasteiger partial charge in [-0.2, -0.15) is 0 Å². The maximum atomic E-state index is 4.45. The van der Waals surface area contributed by atoms with Crippen molar-refractivity contribution in [2.24, 2.45) is 5.92 Å². The summed E-state index contributed by atoms with van der Waals surface area (Å²) in [6, 6.07) is 0.674. The van der Waals surface area contributed by atoms with E-state index in [9.17, 15) is 0 Å². The molecule has 0 saturated heterocycles. The van der Waals surface area contributed by atoms with Crippen molar-refractivity contribution < 1.29 is 0 Å². The van der Waals surface area contributed by atoms with Gasteiger partial charge in [-0.1, -0.05) is 26.2 Å². The summed E-state index contributed by atoms with van der Waals surface area (Å²) >= 11 is 1.75. The quantitative estimate of drug-likeness (QED) is 0.878. The van der Waals surface area contributed by atoms with Gasteiger partial charge in [0.05, 0.1) is 5.54 Å². The fourth-order valence-corrected chi connectivity index (χ4v) is 3.62. The molecule has 2 rings (SSSR count). The van der Waals surface area contributed by atoms with Crippen molar-refractivity contribution >= 4 is 11.3 Å². The van der Waals surface area contributed by atoms with E-state index in [1.54, 1.807) is 11.3 Å². The van der Waals surface area contributed by atoms with Gasteiger partial charge in [0.1, 0.15) is 5.01 Å². The van der Waals surface area contributed by atoms with Crippen LogP contribution < -0.4 is 5.32 Å². The molecule has 0 spiro atoms. The standard InChI is InChI=1S/C14H24N2S/c1-4-11-6-5-7-12(10-11)16-14(2,3)13-15-8-9-17-13/h8-9,11-12,16H,4-7,10H2,1-3H3. The van der Waals surface area contributed by atoms with Gasteiger partial charge in [-0.3, -0.25) is 0 Å². The van der Waals surface area contributed by atoms with Crippen LogP contribution in [0.25, 0.3) is 0 Å². The number of nitrogens with zero attached hydrogens (tertiary/aromatic N) is 1. The Morgan fingerprint density at radius 2 is 2.29 bits per heavy atom. The molecule has 0 radical (unpaired) electrons. The summed E-state index contributed by atoms with van der Waals surface area (Å²) in [5.41, 5.74) is 0.0223. The summed E-state index contributed by atoms with van der Waals surface area (Å²) < 4.78 is 0. The Bertz CT molecular complexity index is 332. The number of aromatic nitrogens is 1. The summed E-state index contributed by atoms with van der Waals surface area (Å²) in [4.78, 5) is 4.45. The third-order valence-electron chi connectivity index (χ3n) is 3.89. The molecular formula is C14H24N2S. The Morgan fingerprint density at radius 1 is 1.47 bits per heavy atom. The van der Waals surface area contributed by atoms with E-state index in [1.807, 2.05) is 6.20 Å². The lowest BCUT2D eigenvalue weighted by Gasteiger charge is -2.35. The van der Waals surface area contributed by atoms with Crippen LogP contribution in [0.4, 0.5) is 0 Å². The van der Waals surface area contributed by atoms with Gasteiger partial charge < -0.3 is 5.32 Å².